The van der Waals surface area contributed by atoms with Crippen LogP contribution in [0.5, 0.6) is 0 Å². The Bertz CT molecular complexity index is 883. The second kappa shape index (κ2) is 7.92. The van der Waals surface area contributed by atoms with Gasteiger partial charge in [-0.25, -0.2) is 19.9 Å². The zero-order valence-corrected chi connectivity index (χ0v) is 15.9. The summed E-state index contributed by atoms with van der Waals surface area (Å²) < 4.78 is 0. The molecule has 0 aliphatic heterocycles. The molecule has 27 heavy (non-hydrogen) atoms. The lowest BCUT2D eigenvalue weighted by Crippen LogP contribution is -2.32. The van der Waals surface area contributed by atoms with Crippen LogP contribution in [0.1, 0.15) is 48.2 Å². The van der Waals surface area contributed by atoms with Crippen LogP contribution in [0.2, 0.25) is 0 Å². The monoisotopic (exact) mass is 359 g/mol. The molecule has 0 bridgehead atoms. The average molecular weight is 359 g/mol. The van der Waals surface area contributed by atoms with E-state index in [4.69, 9.17) is 0 Å². The van der Waals surface area contributed by atoms with E-state index in [2.05, 4.69) is 56.4 Å². The standard InChI is InChI=1S/C22H25N5/c1-15(26-19-10-8-17-6-3-4-7-18(17)9-11-19)20-14-25-22(27-16(20)2)21-23-12-5-13-24-21/h3-7,12-15,19,26H,8-11H2,1-2H3. The fourth-order valence-electron chi connectivity index (χ4n) is 3.88. The van der Waals surface area contributed by atoms with Gasteiger partial charge in [-0.1, -0.05) is 24.3 Å². The molecular weight excluding hydrogens is 334 g/mol. The van der Waals surface area contributed by atoms with E-state index in [0.29, 0.717) is 17.7 Å². The molecule has 5 nitrogen and oxygen atoms in total. The minimum atomic E-state index is 0.210. The Hall–Kier alpha value is -2.66. The highest BCUT2D eigenvalue weighted by Gasteiger charge is 2.20. The van der Waals surface area contributed by atoms with Crippen molar-refractivity contribution in [2.24, 2.45) is 0 Å². The van der Waals surface area contributed by atoms with Gasteiger partial charge in [-0.05, 0) is 56.7 Å². The van der Waals surface area contributed by atoms with Crippen LogP contribution in [0.4, 0.5) is 0 Å². The van der Waals surface area contributed by atoms with Gasteiger partial charge in [0.15, 0.2) is 11.6 Å². The number of nitrogens with zero attached hydrogens (tertiary/aromatic N) is 4. The van der Waals surface area contributed by atoms with E-state index in [9.17, 15) is 0 Å². The van der Waals surface area contributed by atoms with Crippen molar-refractivity contribution in [3.05, 3.63) is 71.3 Å². The van der Waals surface area contributed by atoms with Gasteiger partial charge in [0.05, 0.1) is 0 Å². The summed E-state index contributed by atoms with van der Waals surface area (Å²) in [5.74, 6) is 1.14. The third kappa shape index (κ3) is 4.03. The van der Waals surface area contributed by atoms with Gasteiger partial charge in [-0.3, -0.25) is 0 Å². The van der Waals surface area contributed by atoms with Gasteiger partial charge in [-0.15, -0.1) is 0 Å². The molecule has 138 valence electrons. The van der Waals surface area contributed by atoms with Crippen molar-refractivity contribution in [3.63, 3.8) is 0 Å². The highest BCUT2D eigenvalue weighted by molar-refractivity contribution is 5.43. The number of rotatable bonds is 4. The Balaban J connectivity index is 1.45. The van der Waals surface area contributed by atoms with E-state index in [1.807, 2.05) is 13.1 Å². The largest absolute Gasteiger partial charge is 0.307 e. The van der Waals surface area contributed by atoms with E-state index in [1.54, 1.807) is 18.5 Å². The van der Waals surface area contributed by atoms with Crippen LogP contribution in [0.25, 0.3) is 11.6 Å². The molecule has 4 rings (SSSR count). The summed E-state index contributed by atoms with van der Waals surface area (Å²) in [7, 11) is 0. The van der Waals surface area contributed by atoms with Crippen LogP contribution in [-0.2, 0) is 12.8 Å². The number of hydrogen-bond donors (Lipinski definition) is 1. The second-order valence-corrected chi connectivity index (χ2v) is 7.24. The van der Waals surface area contributed by atoms with Crippen molar-refractivity contribution in [2.45, 2.75) is 51.6 Å². The molecular formula is C22H25N5. The Kier molecular flexibility index (Phi) is 5.21. The number of aryl methyl sites for hydroxylation is 3. The first-order valence-electron chi connectivity index (χ1n) is 9.64. The number of aromatic nitrogens is 4. The van der Waals surface area contributed by atoms with Gasteiger partial charge < -0.3 is 5.32 Å². The highest BCUT2D eigenvalue weighted by Crippen LogP contribution is 2.24. The fraction of sp³-hybridized carbons (Fsp3) is 0.364. The number of nitrogens with one attached hydrogen (secondary N) is 1. The first-order valence-corrected chi connectivity index (χ1v) is 9.64. The molecule has 0 saturated heterocycles. The Morgan fingerprint density at radius 2 is 1.59 bits per heavy atom. The molecule has 0 saturated carbocycles. The summed E-state index contributed by atoms with van der Waals surface area (Å²) in [4.78, 5) is 17.6. The number of fused-ring (bicyclic) bond motifs is 1. The molecule has 0 fully saturated rings. The van der Waals surface area contributed by atoms with Crippen molar-refractivity contribution in [2.75, 3.05) is 0 Å². The molecule has 0 spiro atoms. The van der Waals surface area contributed by atoms with E-state index in [1.165, 1.54) is 11.1 Å². The number of hydrogen-bond acceptors (Lipinski definition) is 5. The summed E-state index contributed by atoms with van der Waals surface area (Å²) >= 11 is 0. The van der Waals surface area contributed by atoms with Crippen molar-refractivity contribution < 1.29 is 0 Å². The highest BCUT2D eigenvalue weighted by atomic mass is 15.0. The normalized spacial score (nSPS) is 15.8. The second-order valence-electron chi connectivity index (χ2n) is 7.24. The molecule has 2 aromatic heterocycles. The summed E-state index contributed by atoms with van der Waals surface area (Å²) in [5, 5.41) is 3.80. The molecule has 1 aliphatic carbocycles. The van der Waals surface area contributed by atoms with Crippen LogP contribution in [0.15, 0.2) is 48.9 Å². The van der Waals surface area contributed by atoms with Crippen molar-refractivity contribution in [1.82, 2.24) is 25.3 Å². The lowest BCUT2D eigenvalue weighted by Gasteiger charge is -2.23. The molecule has 3 aromatic rings. The third-order valence-corrected chi connectivity index (χ3v) is 5.38. The predicted octanol–water partition coefficient (Wildman–Crippen LogP) is 3.84. The minimum absolute atomic E-state index is 0.210. The van der Waals surface area contributed by atoms with Crippen molar-refractivity contribution >= 4 is 0 Å². The van der Waals surface area contributed by atoms with Crippen LogP contribution in [-0.4, -0.2) is 26.0 Å². The molecule has 2 heterocycles. The molecule has 0 amide bonds. The summed E-state index contributed by atoms with van der Waals surface area (Å²) in [6, 6.07) is 11.3. The Morgan fingerprint density at radius 1 is 0.926 bits per heavy atom. The SMILES string of the molecule is Cc1nc(-c2ncccn2)ncc1C(C)NC1CCc2ccccc2CC1. The summed E-state index contributed by atoms with van der Waals surface area (Å²) in [5.41, 5.74) is 5.11. The summed E-state index contributed by atoms with van der Waals surface area (Å²) in [6.07, 6.45) is 9.94. The van der Waals surface area contributed by atoms with Crippen molar-refractivity contribution in [1.29, 1.82) is 0 Å². The van der Waals surface area contributed by atoms with Crippen LogP contribution < -0.4 is 5.32 Å². The fourth-order valence-corrected chi connectivity index (χ4v) is 3.88. The van der Waals surface area contributed by atoms with Gasteiger partial charge >= 0.3 is 0 Å². The first kappa shape index (κ1) is 17.7. The van der Waals surface area contributed by atoms with Gasteiger partial charge in [0.1, 0.15) is 0 Å². The lowest BCUT2D eigenvalue weighted by atomic mass is 10.0. The quantitative estimate of drug-likeness (QED) is 0.717. The van der Waals surface area contributed by atoms with Crippen molar-refractivity contribution in [3.8, 4) is 11.6 Å². The van der Waals surface area contributed by atoms with E-state index in [-0.39, 0.29) is 6.04 Å². The van der Waals surface area contributed by atoms with Crippen LogP contribution in [0, 0.1) is 6.92 Å². The average Bonchev–Trinajstić information content (AvgIpc) is 2.91. The molecule has 1 aliphatic rings. The van der Waals surface area contributed by atoms with E-state index < -0.39 is 0 Å². The zero-order chi connectivity index (χ0) is 18.6. The molecule has 0 radical (unpaired) electrons. The van der Waals surface area contributed by atoms with Gasteiger partial charge in [0.25, 0.3) is 0 Å². The molecule has 1 N–H and O–H groups in total. The molecule has 1 unspecified atom stereocenters. The topological polar surface area (TPSA) is 63.6 Å². The Labute approximate surface area is 160 Å². The molecule has 1 atom stereocenters. The van der Waals surface area contributed by atoms with Gasteiger partial charge in [0.2, 0.25) is 0 Å². The maximum Gasteiger partial charge on any atom is 0.197 e. The number of benzene rings is 1. The van der Waals surface area contributed by atoms with Gasteiger partial charge in [0, 0.05) is 41.9 Å². The maximum atomic E-state index is 4.63. The van der Waals surface area contributed by atoms with E-state index in [0.717, 1.165) is 36.9 Å². The van der Waals surface area contributed by atoms with Crippen LogP contribution in [0.3, 0.4) is 0 Å². The first-order chi connectivity index (χ1) is 13.2. The molecule has 5 heteroatoms. The predicted molar refractivity (Wildman–Crippen MR) is 106 cm³/mol. The zero-order valence-electron chi connectivity index (χ0n) is 15.9. The minimum Gasteiger partial charge on any atom is -0.307 e. The maximum absolute atomic E-state index is 4.63. The van der Waals surface area contributed by atoms with E-state index >= 15 is 0 Å². The van der Waals surface area contributed by atoms with Gasteiger partial charge in [-0.2, -0.15) is 0 Å². The summed E-state index contributed by atoms with van der Waals surface area (Å²) in [6.45, 7) is 4.23. The van der Waals surface area contributed by atoms with Crippen LogP contribution >= 0.6 is 0 Å². The third-order valence-electron chi connectivity index (χ3n) is 5.38. The smallest absolute Gasteiger partial charge is 0.197 e. The molecule has 1 aromatic carbocycles. The lowest BCUT2D eigenvalue weighted by molar-refractivity contribution is 0.414. The Morgan fingerprint density at radius 3 is 2.22 bits per heavy atom.